The van der Waals surface area contributed by atoms with E-state index in [2.05, 4.69) is 10.5 Å². The van der Waals surface area contributed by atoms with Gasteiger partial charge in [-0.3, -0.25) is 4.79 Å². The molecule has 1 unspecified atom stereocenters. The molecule has 2 aliphatic rings. The number of piperidine rings is 1. The number of hydrogen-bond acceptors (Lipinski definition) is 6. The van der Waals surface area contributed by atoms with Crippen molar-refractivity contribution in [1.29, 1.82) is 0 Å². The fourth-order valence-corrected chi connectivity index (χ4v) is 5.55. The van der Waals surface area contributed by atoms with Crippen LogP contribution in [0.5, 0.6) is 0 Å². The molecule has 2 fully saturated rings. The minimum absolute atomic E-state index is 0. The molecule has 2 saturated heterocycles. The lowest BCUT2D eigenvalue weighted by Crippen LogP contribution is -2.55. The van der Waals surface area contributed by atoms with Gasteiger partial charge >= 0.3 is 0 Å². The van der Waals surface area contributed by atoms with Crippen molar-refractivity contribution in [1.82, 2.24) is 19.7 Å². The number of aromatic nitrogens is 1. The SMILES string of the molecule is Cc1noc(C)c1S(=O)(=O)N1CCCC(C(=O)N2CCNC[C@@H]2C)C1.Cl. The molecule has 0 radical (unpaired) electrons. The molecule has 0 spiro atoms. The molecule has 8 nitrogen and oxygen atoms in total. The predicted molar refractivity (Wildman–Crippen MR) is 98.8 cm³/mol. The number of carbonyl (C=O) groups is 1. The maximum Gasteiger partial charge on any atom is 0.248 e. The summed E-state index contributed by atoms with van der Waals surface area (Å²) in [7, 11) is -3.70. The van der Waals surface area contributed by atoms with E-state index >= 15 is 0 Å². The standard InChI is InChI=1S/C16H26N4O4S.ClH/c1-11-9-17-6-8-20(11)16(21)14-5-4-7-19(10-14)25(22,23)15-12(2)18-24-13(15)3;/h11,14,17H,4-10H2,1-3H3;1H/t11-,14?;/m0./s1. The number of halogens is 1. The van der Waals surface area contributed by atoms with Gasteiger partial charge in [0, 0.05) is 38.8 Å². The van der Waals surface area contributed by atoms with E-state index in [1.165, 1.54) is 4.31 Å². The molecule has 10 heteroatoms. The summed E-state index contributed by atoms with van der Waals surface area (Å²) in [4.78, 5) is 14.9. The average Bonchev–Trinajstić information content (AvgIpc) is 2.94. The van der Waals surface area contributed by atoms with Crippen LogP contribution in [0.1, 0.15) is 31.2 Å². The molecule has 0 aliphatic carbocycles. The lowest BCUT2D eigenvalue weighted by atomic mass is 9.97. The van der Waals surface area contributed by atoms with E-state index in [9.17, 15) is 13.2 Å². The van der Waals surface area contributed by atoms with Gasteiger partial charge in [-0.15, -0.1) is 12.4 Å². The van der Waals surface area contributed by atoms with E-state index < -0.39 is 10.0 Å². The number of nitrogens with one attached hydrogen (secondary N) is 1. The van der Waals surface area contributed by atoms with Gasteiger partial charge in [-0.25, -0.2) is 8.42 Å². The van der Waals surface area contributed by atoms with E-state index in [0.717, 1.165) is 19.5 Å². The highest BCUT2D eigenvalue weighted by molar-refractivity contribution is 7.89. The molecule has 2 aliphatic heterocycles. The fraction of sp³-hybridized carbons (Fsp3) is 0.750. The van der Waals surface area contributed by atoms with Crippen molar-refractivity contribution in [2.45, 2.75) is 44.6 Å². The molecule has 3 rings (SSSR count). The lowest BCUT2D eigenvalue weighted by molar-refractivity contribution is -0.139. The molecule has 1 amide bonds. The highest BCUT2D eigenvalue weighted by atomic mass is 35.5. The molecule has 148 valence electrons. The maximum absolute atomic E-state index is 13.0. The summed E-state index contributed by atoms with van der Waals surface area (Å²) in [5, 5.41) is 7.02. The topological polar surface area (TPSA) is 95.8 Å². The normalized spacial score (nSPS) is 25.0. The zero-order chi connectivity index (χ0) is 18.2. The number of aryl methyl sites for hydroxylation is 2. The van der Waals surface area contributed by atoms with E-state index in [1.54, 1.807) is 13.8 Å². The monoisotopic (exact) mass is 406 g/mol. The molecule has 3 heterocycles. The zero-order valence-corrected chi connectivity index (χ0v) is 17.0. The third-order valence-electron chi connectivity index (χ3n) is 5.08. The van der Waals surface area contributed by atoms with Crippen LogP contribution in [0, 0.1) is 19.8 Å². The van der Waals surface area contributed by atoms with Gasteiger partial charge in [-0.2, -0.15) is 4.31 Å². The molecule has 2 atom stereocenters. The van der Waals surface area contributed by atoms with Gasteiger partial charge in [0.15, 0.2) is 5.76 Å². The van der Waals surface area contributed by atoms with Crippen LogP contribution in [0.25, 0.3) is 0 Å². The van der Waals surface area contributed by atoms with Gasteiger partial charge in [0.25, 0.3) is 0 Å². The summed E-state index contributed by atoms with van der Waals surface area (Å²) in [6.45, 7) is 8.12. The average molecular weight is 407 g/mol. The van der Waals surface area contributed by atoms with Gasteiger partial charge in [0.2, 0.25) is 15.9 Å². The Kier molecular flexibility index (Phi) is 6.70. The Hall–Kier alpha value is -1.16. The van der Waals surface area contributed by atoms with Crippen molar-refractivity contribution in [3.63, 3.8) is 0 Å². The smallest absolute Gasteiger partial charge is 0.248 e. The summed E-state index contributed by atoms with van der Waals surface area (Å²) >= 11 is 0. The highest BCUT2D eigenvalue weighted by Crippen LogP contribution is 2.28. The lowest BCUT2D eigenvalue weighted by Gasteiger charge is -2.39. The van der Waals surface area contributed by atoms with Crippen molar-refractivity contribution in [2.75, 3.05) is 32.7 Å². The van der Waals surface area contributed by atoms with Crippen LogP contribution in [-0.2, 0) is 14.8 Å². The Balaban J connectivity index is 0.00000243. The highest BCUT2D eigenvalue weighted by Gasteiger charge is 2.38. The summed E-state index contributed by atoms with van der Waals surface area (Å²) in [5.74, 6) is 0.0684. The Morgan fingerprint density at radius 3 is 2.65 bits per heavy atom. The first kappa shape index (κ1) is 21.1. The number of amides is 1. The van der Waals surface area contributed by atoms with E-state index in [0.29, 0.717) is 31.0 Å². The first-order chi connectivity index (χ1) is 11.8. The first-order valence-electron chi connectivity index (χ1n) is 8.76. The molecule has 1 aromatic heterocycles. The molecule has 0 bridgehead atoms. The van der Waals surface area contributed by atoms with Crippen LogP contribution in [-0.4, -0.2) is 67.5 Å². The molecular formula is C16H27ClN4O4S. The van der Waals surface area contributed by atoms with E-state index in [1.807, 2.05) is 11.8 Å². The van der Waals surface area contributed by atoms with Crippen molar-refractivity contribution in [3.05, 3.63) is 11.5 Å². The Morgan fingerprint density at radius 1 is 1.31 bits per heavy atom. The number of sulfonamides is 1. The van der Waals surface area contributed by atoms with Crippen LogP contribution < -0.4 is 5.32 Å². The van der Waals surface area contributed by atoms with E-state index in [-0.39, 0.29) is 41.7 Å². The molecular weight excluding hydrogens is 380 g/mol. The van der Waals surface area contributed by atoms with Gasteiger partial charge in [0.1, 0.15) is 10.6 Å². The van der Waals surface area contributed by atoms with Crippen molar-refractivity contribution < 1.29 is 17.7 Å². The third kappa shape index (κ3) is 3.90. The van der Waals surface area contributed by atoms with Crippen molar-refractivity contribution in [3.8, 4) is 0 Å². The minimum atomic E-state index is -3.70. The molecule has 0 saturated carbocycles. The molecule has 1 N–H and O–H groups in total. The molecule has 0 aromatic carbocycles. The summed E-state index contributed by atoms with van der Waals surface area (Å²) in [5.41, 5.74) is 0.363. The molecule has 1 aromatic rings. The van der Waals surface area contributed by atoms with E-state index in [4.69, 9.17) is 4.52 Å². The minimum Gasteiger partial charge on any atom is -0.360 e. The quantitative estimate of drug-likeness (QED) is 0.802. The number of nitrogens with zero attached hydrogens (tertiary/aromatic N) is 3. The summed E-state index contributed by atoms with van der Waals surface area (Å²) < 4.78 is 32.4. The Bertz CT molecular complexity index is 732. The molecule has 26 heavy (non-hydrogen) atoms. The predicted octanol–water partition coefficient (Wildman–Crippen LogP) is 0.934. The van der Waals surface area contributed by atoms with Crippen molar-refractivity contribution in [2.24, 2.45) is 5.92 Å². The number of piperazine rings is 1. The number of rotatable bonds is 3. The number of hydrogen-bond donors (Lipinski definition) is 1. The van der Waals surface area contributed by atoms with Crippen LogP contribution in [0.2, 0.25) is 0 Å². The summed E-state index contributed by atoms with van der Waals surface area (Å²) in [6.07, 6.45) is 1.41. The van der Waals surface area contributed by atoms with Crippen LogP contribution in [0.15, 0.2) is 9.42 Å². The second-order valence-electron chi connectivity index (χ2n) is 6.94. The van der Waals surface area contributed by atoms with Crippen molar-refractivity contribution >= 4 is 28.3 Å². The second kappa shape index (κ2) is 8.24. The number of carbonyl (C=O) groups excluding carboxylic acids is 1. The van der Waals surface area contributed by atoms with Gasteiger partial charge < -0.3 is 14.7 Å². The first-order valence-corrected chi connectivity index (χ1v) is 10.2. The largest absolute Gasteiger partial charge is 0.360 e. The Labute approximate surface area is 160 Å². The van der Waals surface area contributed by atoms with Crippen LogP contribution in [0.4, 0.5) is 0 Å². The van der Waals surface area contributed by atoms with Crippen LogP contribution in [0.3, 0.4) is 0 Å². The third-order valence-corrected chi connectivity index (χ3v) is 7.19. The zero-order valence-electron chi connectivity index (χ0n) is 15.4. The fourth-order valence-electron chi connectivity index (χ4n) is 3.74. The maximum atomic E-state index is 13.0. The van der Waals surface area contributed by atoms with Gasteiger partial charge in [0.05, 0.1) is 5.92 Å². The summed E-state index contributed by atoms with van der Waals surface area (Å²) in [6, 6.07) is 0.135. The van der Waals surface area contributed by atoms with Gasteiger partial charge in [-0.1, -0.05) is 5.16 Å². The van der Waals surface area contributed by atoms with Crippen LogP contribution >= 0.6 is 12.4 Å². The second-order valence-corrected chi connectivity index (χ2v) is 8.82. The van der Waals surface area contributed by atoms with Gasteiger partial charge in [-0.05, 0) is 33.6 Å². The Morgan fingerprint density at radius 2 is 2.04 bits per heavy atom.